The van der Waals surface area contributed by atoms with E-state index >= 15 is 0 Å². The van der Waals surface area contributed by atoms with Crippen LogP contribution < -0.4 is 5.73 Å². The fourth-order valence-electron chi connectivity index (χ4n) is 1.57. The van der Waals surface area contributed by atoms with Crippen molar-refractivity contribution in [3.8, 4) is 0 Å². The smallest absolute Gasteiger partial charge is 0.307 e. The highest BCUT2D eigenvalue weighted by Gasteiger charge is 2.22. The predicted octanol–water partition coefficient (Wildman–Crippen LogP) is 0.560. The van der Waals surface area contributed by atoms with Gasteiger partial charge in [-0.1, -0.05) is 13.0 Å². The minimum Gasteiger partial charge on any atom is -0.481 e. The molecule has 20 heavy (non-hydrogen) atoms. The molecule has 0 aliphatic carbocycles. The molecule has 0 radical (unpaired) electrons. The number of halogens is 1. The Hall–Kier alpha value is -1.96. The zero-order chi connectivity index (χ0) is 15.5. The molecule has 1 rings (SSSR count). The molecule has 1 aromatic carbocycles. The molecule has 0 heterocycles. The number of rotatable bonds is 6. The van der Waals surface area contributed by atoms with Gasteiger partial charge in [-0.2, -0.15) is 0 Å². The molecule has 110 valence electrons. The zero-order valence-electron chi connectivity index (χ0n) is 10.7. The standard InChI is InChI=1S/C12H14FNO5S/c1-7(12(16)17)5-20(18,19)6-9-3-2-8(11(14)15)4-10(9)13/h2-4,7H,5-6H2,1H3,(H2,14,15)(H,16,17). The van der Waals surface area contributed by atoms with E-state index in [1.165, 1.54) is 13.0 Å². The van der Waals surface area contributed by atoms with Gasteiger partial charge in [0, 0.05) is 11.1 Å². The van der Waals surface area contributed by atoms with E-state index in [4.69, 9.17) is 10.8 Å². The Morgan fingerprint density at radius 3 is 2.45 bits per heavy atom. The molecule has 8 heteroatoms. The van der Waals surface area contributed by atoms with Crippen LogP contribution in [0.5, 0.6) is 0 Å². The lowest BCUT2D eigenvalue weighted by molar-refractivity contribution is -0.140. The fourth-order valence-corrected chi connectivity index (χ4v) is 3.30. The van der Waals surface area contributed by atoms with Gasteiger partial charge in [-0.05, 0) is 12.1 Å². The van der Waals surface area contributed by atoms with E-state index in [0.29, 0.717) is 0 Å². The number of aliphatic carboxylic acids is 1. The summed E-state index contributed by atoms with van der Waals surface area (Å²) in [5.74, 6) is -5.22. The molecule has 1 amide bonds. The van der Waals surface area contributed by atoms with E-state index in [2.05, 4.69) is 0 Å². The summed E-state index contributed by atoms with van der Waals surface area (Å²) in [6.45, 7) is 1.26. The van der Waals surface area contributed by atoms with Crippen molar-refractivity contribution >= 4 is 21.7 Å². The van der Waals surface area contributed by atoms with Gasteiger partial charge in [0.15, 0.2) is 9.84 Å². The van der Waals surface area contributed by atoms with Crippen LogP contribution in [-0.2, 0) is 20.4 Å². The molecule has 0 saturated heterocycles. The van der Waals surface area contributed by atoms with Gasteiger partial charge < -0.3 is 10.8 Å². The van der Waals surface area contributed by atoms with Gasteiger partial charge in [-0.15, -0.1) is 0 Å². The lowest BCUT2D eigenvalue weighted by Gasteiger charge is -2.09. The summed E-state index contributed by atoms with van der Waals surface area (Å²) in [5.41, 5.74) is 4.77. The van der Waals surface area contributed by atoms with Gasteiger partial charge >= 0.3 is 5.97 Å². The van der Waals surface area contributed by atoms with Crippen LogP contribution >= 0.6 is 0 Å². The molecule has 0 aliphatic rings. The average molecular weight is 303 g/mol. The zero-order valence-corrected chi connectivity index (χ0v) is 11.5. The van der Waals surface area contributed by atoms with E-state index < -0.39 is 45.0 Å². The molecule has 0 aromatic heterocycles. The largest absolute Gasteiger partial charge is 0.481 e. The van der Waals surface area contributed by atoms with E-state index in [9.17, 15) is 22.4 Å². The molecule has 6 nitrogen and oxygen atoms in total. The molecule has 1 aromatic rings. The van der Waals surface area contributed by atoms with Crippen LogP contribution in [0.2, 0.25) is 0 Å². The molecule has 1 atom stereocenters. The van der Waals surface area contributed by atoms with Crippen LogP contribution in [0.15, 0.2) is 18.2 Å². The van der Waals surface area contributed by atoms with Crippen molar-refractivity contribution in [2.24, 2.45) is 11.7 Å². The first kappa shape index (κ1) is 16.1. The molecule has 0 spiro atoms. The highest BCUT2D eigenvalue weighted by molar-refractivity contribution is 7.90. The number of carbonyl (C=O) groups excluding carboxylic acids is 1. The summed E-state index contributed by atoms with van der Waals surface area (Å²) >= 11 is 0. The first-order chi connectivity index (χ1) is 9.12. The van der Waals surface area contributed by atoms with Crippen LogP contribution in [0.25, 0.3) is 0 Å². The molecule has 1 unspecified atom stereocenters. The molecule has 0 fully saturated rings. The van der Waals surface area contributed by atoms with Crippen molar-refractivity contribution in [3.63, 3.8) is 0 Å². The normalized spacial score (nSPS) is 12.9. The average Bonchev–Trinajstić information content (AvgIpc) is 2.30. The fraction of sp³-hybridized carbons (Fsp3) is 0.333. The Morgan fingerprint density at radius 1 is 1.40 bits per heavy atom. The molecule has 0 aliphatic heterocycles. The molecule has 3 N–H and O–H groups in total. The summed E-state index contributed by atoms with van der Waals surface area (Å²) in [6.07, 6.45) is 0. The Kier molecular flexibility index (Phi) is 4.83. The monoisotopic (exact) mass is 303 g/mol. The predicted molar refractivity (Wildman–Crippen MR) is 69.2 cm³/mol. The van der Waals surface area contributed by atoms with Crippen molar-refractivity contribution in [1.82, 2.24) is 0 Å². The number of sulfone groups is 1. The highest BCUT2D eigenvalue weighted by Crippen LogP contribution is 2.15. The van der Waals surface area contributed by atoms with Gasteiger partial charge in [-0.25, -0.2) is 12.8 Å². The number of hydrogen-bond acceptors (Lipinski definition) is 4. The van der Waals surface area contributed by atoms with E-state index in [1.807, 2.05) is 0 Å². The number of primary amides is 1. The summed E-state index contributed by atoms with van der Waals surface area (Å²) in [6, 6.07) is 3.23. The molecular formula is C12H14FNO5S. The summed E-state index contributed by atoms with van der Waals surface area (Å²) in [4.78, 5) is 21.5. The van der Waals surface area contributed by atoms with Gasteiger partial charge in [0.1, 0.15) is 5.82 Å². The Labute approximate surface area is 115 Å². The quantitative estimate of drug-likeness (QED) is 0.797. The lowest BCUT2D eigenvalue weighted by atomic mass is 10.1. The van der Waals surface area contributed by atoms with E-state index in [1.54, 1.807) is 0 Å². The third-order valence-electron chi connectivity index (χ3n) is 2.64. The summed E-state index contributed by atoms with van der Waals surface area (Å²) < 4.78 is 37.2. The van der Waals surface area contributed by atoms with E-state index in [0.717, 1.165) is 12.1 Å². The molecule has 0 bridgehead atoms. The van der Waals surface area contributed by atoms with Gasteiger partial charge in [0.25, 0.3) is 0 Å². The van der Waals surface area contributed by atoms with Crippen molar-refractivity contribution in [3.05, 3.63) is 35.1 Å². The second-order valence-electron chi connectivity index (χ2n) is 4.46. The highest BCUT2D eigenvalue weighted by atomic mass is 32.2. The van der Waals surface area contributed by atoms with Crippen LogP contribution in [0.1, 0.15) is 22.8 Å². The Bertz CT molecular complexity index is 641. The summed E-state index contributed by atoms with van der Waals surface area (Å²) in [5, 5.41) is 8.67. The molecule has 0 saturated carbocycles. The SMILES string of the molecule is CC(CS(=O)(=O)Cc1ccc(C(N)=O)cc1F)C(=O)O. The van der Waals surface area contributed by atoms with Crippen LogP contribution in [0, 0.1) is 11.7 Å². The third kappa shape index (κ3) is 4.30. The minimum atomic E-state index is -3.77. The second kappa shape index (κ2) is 6.00. The lowest BCUT2D eigenvalue weighted by Crippen LogP contribution is -2.22. The Morgan fingerprint density at radius 2 is 2.00 bits per heavy atom. The van der Waals surface area contributed by atoms with Crippen molar-refractivity contribution in [2.75, 3.05) is 5.75 Å². The van der Waals surface area contributed by atoms with Crippen LogP contribution in [0.4, 0.5) is 4.39 Å². The maximum Gasteiger partial charge on any atom is 0.307 e. The van der Waals surface area contributed by atoms with Gasteiger partial charge in [0.05, 0.1) is 17.4 Å². The second-order valence-corrected chi connectivity index (χ2v) is 6.57. The van der Waals surface area contributed by atoms with Crippen LogP contribution in [0.3, 0.4) is 0 Å². The van der Waals surface area contributed by atoms with Crippen molar-refractivity contribution in [1.29, 1.82) is 0 Å². The number of carboxylic acid groups (broad SMARTS) is 1. The number of nitrogens with two attached hydrogens (primary N) is 1. The van der Waals surface area contributed by atoms with Crippen molar-refractivity contribution in [2.45, 2.75) is 12.7 Å². The number of carbonyl (C=O) groups is 2. The summed E-state index contributed by atoms with van der Waals surface area (Å²) in [7, 11) is -3.77. The number of benzene rings is 1. The number of amides is 1. The maximum absolute atomic E-state index is 13.6. The molecular weight excluding hydrogens is 289 g/mol. The first-order valence-electron chi connectivity index (χ1n) is 5.64. The van der Waals surface area contributed by atoms with Crippen molar-refractivity contribution < 1.29 is 27.5 Å². The van der Waals surface area contributed by atoms with E-state index in [-0.39, 0.29) is 11.1 Å². The van der Waals surface area contributed by atoms with Gasteiger partial charge in [-0.3, -0.25) is 9.59 Å². The number of hydrogen-bond donors (Lipinski definition) is 2. The maximum atomic E-state index is 13.6. The first-order valence-corrected chi connectivity index (χ1v) is 7.46. The topological polar surface area (TPSA) is 115 Å². The minimum absolute atomic E-state index is 0.0671. The third-order valence-corrected chi connectivity index (χ3v) is 4.40. The van der Waals surface area contributed by atoms with Gasteiger partial charge in [0.2, 0.25) is 5.91 Å². The Balaban J connectivity index is 2.93. The van der Waals surface area contributed by atoms with Crippen LogP contribution in [-0.4, -0.2) is 31.2 Å². The number of carboxylic acids is 1.